The van der Waals surface area contributed by atoms with Gasteiger partial charge in [-0.3, -0.25) is 9.69 Å². The van der Waals surface area contributed by atoms with E-state index in [2.05, 4.69) is 4.90 Å². The van der Waals surface area contributed by atoms with Gasteiger partial charge in [0.2, 0.25) is 0 Å². The lowest BCUT2D eigenvalue weighted by molar-refractivity contribution is -0.118. The van der Waals surface area contributed by atoms with Crippen LogP contribution in [-0.2, 0) is 11.3 Å². The highest BCUT2D eigenvalue weighted by molar-refractivity contribution is 5.76. The SMILES string of the molecule is CC(=O)CC1CCCN1Cc1cc(F)cc(C#N)c1. The predicted molar refractivity (Wildman–Crippen MR) is 69.8 cm³/mol. The first-order valence-electron chi connectivity index (χ1n) is 6.51. The van der Waals surface area contributed by atoms with Gasteiger partial charge >= 0.3 is 0 Å². The molecule has 0 bridgehead atoms. The molecular formula is C15H17FN2O. The molecule has 100 valence electrons. The Morgan fingerprint density at radius 3 is 3.00 bits per heavy atom. The Balaban J connectivity index is 2.10. The molecule has 0 N–H and O–H groups in total. The van der Waals surface area contributed by atoms with Crippen LogP contribution in [0.1, 0.15) is 37.3 Å². The van der Waals surface area contributed by atoms with Crippen molar-refractivity contribution in [2.75, 3.05) is 6.54 Å². The van der Waals surface area contributed by atoms with E-state index in [9.17, 15) is 9.18 Å². The maximum atomic E-state index is 13.4. The molecule has 2 rings (SSSR count). The number of nitriles is 1. The standard InChI is InChI=1S/C15H17FN2O/c1-11(19)5-15-3-2-4-18(15)10-13-6-12(9-17)7-14(16)8-13/h6-8,15H,2-5,10H2,1H3. The lowest BCUT2D eigenvalue weighted by Gasteiger charge is -2.23. The van der Waals surface area contributed by atoms with Crippen molar-refractivity contribution in [1.29, 1.82) is 5.26 Å². The smallest absolute Gasteiger partial charge is 0.131 e. The second-order valence-corrected chi connectivity index (χ2v) is 5.13. The summed E-state index contributed by atoms with van der Waals surface area (Å²) in [7, 11) is 0. The van der Waals surface area contributed by atoms with Crippen LogP contribution < -0.4 is 0 Å². The number of carbonyl (C=O) groups excluding carboxylic acids is 1. The van der Waals surface area contributed by atoms with Gasteiger partial charge in [0.15, 0.2) is 0 Å². The van der Waals surface area contributed by atoms with Gasteiger partial charge in [0, 0.05) is 19.0 Å². The first-order chi connectivity index (χ1) is 9.08. The quantitative estimate of drug-likeness (QED) is 0.836. The van der Waals surface area contributed by atoms with Crippen LogP contribution in [-0.4, -0.2) is 23.3 Å². The molecule has 4 heteroatoms. The number of hydrogen-bond acceptors (Lipinski definition) is 3. The highest BCUT2D eigenvalue weighted by Gasteiger charge is 2.25. The minimum absolute atomic E-state index is 0.189. The molecule has 0 aliphatic carbocycles. The molecule has 0 amide bonds. The molecule has 0 aromatic heterocycles. The molecule has 1 aliphatic heterocycles. The van der Waals surface area contributed by atoms with Crippen LogP contribution >= 0.6 is 0 Å². The highest BCUT2D eigenvalue weighted by Crippen LogP contribution is 2.23. The summed E-state index contributed by atoms with van der Waals surface area (Å²) in [6, 6.07) is 6.63. The highest BCUT2D eigenvalue weighted by atomic mass is 19.1. The third kappa shape index (κ3) is 3.62. The van der Waals surface area contributed by atoms with E-state index in [1.807, 2.05) is 6.07 Å². The van der Waals surface area contributed by atoms with Crippen molar-refractivity contribution < 1.29 is 9.18 Å². The van der Waals surface area contributed by atoms with E-state index in [0.29, 0.717) is 18.5 Å². The second-order valence-electron chi connectivity index (χ2n) is 5.13. The summed E-state index contributed by atoms with van der Waals surface area (Å²) in [6.45, 7) is 3.13. The maximum Gasteiger partial charge on any atom is 0.131 e. The zero-order chi connectivity index (χ0) is 13.8. The molecule has 1 fully saturated rings. The summed E-state index contributed by atoms with van der Waals surface area (Å²) in [4.78, 5) is 13.4. The minimum atomic E-state index is -0.378. The second kappa shape index (κ2) is 5.94. The largest absolute Gasteiger partial charge is 0.300 e. The average Bonchev–Trinajstić information content (AvgIpc) is 2.75. The Morgan fingerprint density at radius 2 is 2.32 bits per heavy atom. The van der Waals surface area contributed by atoms with Crippen molar-refractivity contribution in [1.82, 2.24) is 4.90 Å². The van der Waals surface area contributed by atoms with Gasteiger partial charge < -0.3 is 0 Å². The fourth-order valence-electron chi connectivity index (χ4n) is 2.71. The third-order valence-corrected chi connectivity index (χ3v) is 3.49. The summed E-state index contributed by atoms with van der Waals surface area (Å²) < 4.78 is 13.4. The van der Waals surface area contributed by atoms with Gasteiger partial charge in [-0.2, -0.15) is 5.26 Å². The van der Waals surface area contributed by atoms with Crippen LogP contribution in [0.2, 0.25) is 0 Å². The van der Waals surface area contributed by atoms with Crippen LogP contribution in [0.15, 0.2) is 18.2 Å². The van der Waals surface area contributed by atoms with Crippen molar-refractivity contribution in [3.05, 3.63) is 35.1 Å². The molecule has 1 heterocycles. The van der Waals surface area contributed by atoms with Gasteiger partial charge in [0.1, 0.15) is 11.6 Å². The summed E-state index contributed by atoms with van der Waals surface area (Å²) >= 11 is 0. The topological polar surface area (TPSA) is 44.1 Å². The van der Waals surface area contributed by atoms with Crippen LogP contribution in [0.3, 0.4) is 0 Å². The lowest BCUT2D eigenvalue weighted by Crippen LogP contribution is -2.30. The predicted octanol–water partition coefficient (Wildman–Crippen LogP) is 2.64. The Morgan fingerprint density at radius 1 is 1.53 bits per heavy atom. The number of hydrogen-bond donors (Lipinski definition) is 0. The van der Waals surface area contributed by atoms with E-state index in [-0.39, 0.29) is 17.6 Å². The molecule has 1 unspecified atom stereocenters. The molecule has 0 saturated carbocycles. The van der Waals surface area contributed by atoms with Crippen molar-refractivity contribution in [3.8, 4) is 6.07 Å². The number of Topliss-reactive ketones (excluding diaryl/α,β-unsaturated/α-hetero) is 1. The normalized spacial score (nSPS) is 19.3. The van der Waals surface area contributed by atoms with Crippen molar-refractivity contribution >= 4 is 5.78 Å². The Kier molecular flexibility index (Phi) is 4.28. The van der Waals surface area contributed by atoms with Crippen molar-refractivity contribution in [2.24, 2.45) is 0 Å². The number of benzene rings is 1. The molecule has 0 radical (unpaired) electrons. The van der Waals surface area contributed by atoms with E-state index in [0.717, 1.165) is 24.9 Å². The third-order valence-electron chi connectivity index (χ3n) is 3.49. The molecule has 1 aromatic carbocycles. The summed E-state index contributed by atoms with van der Waals surface area (Å²) in [6.07, 6.45) is 2.64. The van der Waals surface area contributed by atoms with Crippen molar-refractivity contribution in [3.63, 3.8) is 0 Å². The monoisotopic (exact) mass is 260 g/mol. The van der Waals surface area contributed by atoms with Crippen LogP contribution in [0, 0.1) is 17.1 Å². The molecule has 1 aliphatic rings. The van der Waals surface area contributed by atoms with E-state index >= 15 is 0 Å². The van der Waals surface area contributed by atoms with Gasteiger partial charge in [-0.05, 0) is 50.1 Å². The molecule has 1 aromatic rings. The van der Waals surface area contributed by atoms with Gasteiger partial charge in [-0.1, -0.05) is 0 Å². The summed E-state index contributed by atoms with van der Waals surface area (Å²) in [5.74, 6) is -0.190. The van der Waals surface area contributed by atoms with E-state index in [4.69, 9.17) is 5.26 Å². The zero-order valence-corrected chi connectivity index (χ0v) is 11.0. The summed E-state index contributed by atoms with van der Waals surface area (Å²) in [5, 5.41) is 8.84. The summed E-state index contributed by atoms with van der Waals surface area (Å²) in [5.41, 5.74) is 1.14. The van der Waals surface area contributed by atoms with Gasteiger partial charge in [-0.25, -0.2) is 4.39 Å². The molecular weight excluding hydrogens is 243 g/mol. The Labute approximate surface area is 112 Å². The molecule has 3 nitrogen and oxygen atoms in total. The van der Waals surface area contributed by atoms with Crippen LogP contribution in [0.4, 0.5) is 4.39 Å². The van der Waals surface area contributed by atoms with Gasteiger partial charge in [-0.15, -0.1) is 0 Å². The maximum absolute atomic E-state index is 13.4. The van der Waals surface area contributed by atoms with Crippen LogP contribution in [0.25, 0.3) is 0 Å². The first kappa shape index (κ1) is 13.7. The average molecular weight is 260 g/mol. The lowest BCUT2D eigenvalue weighted by atomic mass is 10.1. The minimum Gasteiger partial charge on any atom is -0.300 e. The number of ketones is 1. The Hall–Kier alpha value is -1.73. The molecule has 19 heavy (non-hydrogen) atoms. The van der Waals surface area contributed by atoms with E-state index in [1.54, 1.807) is 13.0 Å². The first-order valence-corrected chi connectivity index (χ1v) is 6.51. The number of likely N-dealkylation sites (tertiary alicyclic amines) is 1. The molecule has 0 spiro atoms. The van der Waals surface area contributed by atoms with Gasteiger partial charge in [0.25, 0.3) is 0 Å². The number of nitrogens with zero attached hydrogens (tertiary/aromatic N) is 2. The molecule has 1 saturated heterocycles. The molecule has 1 atom stereocenters. The van der Waals surface area contributed by atoms with Crippen LogP contribution in [0.5, 0.6) is 0 Å². The zero-order valence-electron chi connectivity index (χ0n) is 11.0. The Bertz CT molecular complexity index is 521. The van der Waals surface area contributed by atoms with Crippen molar-refractivity contribution in [2.45, 2.75) is 38.8 Å². The van der Waals surface area contributed by atoms with Gasteiger partial charge in [0.05, 0.1) is 11.6 Å². The number of rotatable bonds is 4. The van der Waals surface area contributed by atoms with E-state index in [1.165, 1.54) is 12.1 Å². The van der Waals surface area contributed by atoms with E-state index < -0.39 is 0 Å². The number of carbonyl (C=O) groups is 1. The fourth-order valence-corrected chi connectivity index (χ4v) is 2.71. The fraction of sp³-hybridized carbons (Fsp3) is 0.467. The number of halogens is 1.